The minimum atomic E-state index is -0.433. The number of esters is 1. The number of ether oxygens (including phenoxy) is 1. The number of aryl methyl sites for hydroxylation is 1. The molecule has 150 valence electrons. The van der Waals surface area contributed by atoms with E-state index in [1.165, 1.54) is 11.3 Å². The second-order valence-electron chi connectivity index (χ2n) is 6.53. The molecule has 0 saturated carbocycles. The fourth-order valence-electron chi connectivity index (χ4n) is 2.83. The van der Waals surface area contributed by atoms with E-state index in [-0.39, 0.29) is 24.3 Å². The highest BCUT2D eigenvalue weighted by Gasteiger charge is 2.17. The molecule has 0 aliphatic carbocycles. The van der Waals surface area contributed by atoms with Crippen LogP contribution in [0.4, 0.5) is 17.6 Å². The summed E-state index contributed by atoms with van der Waals surface area (Å²) < 4.78 is 5.45. The SMILES string of the molecule is Cc1ccc(-c2ccsc2C(=O)OCc2nc(N)nc(Nc3ccccc3)n2)cc1. The van der Waals surface area contributed by atoms with Gasteiger partial charge in [0.05, 0.1) is 0 Å². The molecule has 0 atom stereocenters. The molecule has 0 saturated heterocycles. The van der Waals surface area contributed by atoms with Crippen LogP contribution in [0.2, 0.25) is 0 Å². The molecule has 4 aromatic rings. The van der Waals surface area contributed by atoms with E-state index in [0.29, 0.717) is 4.88 Å². The van der Waals surface area contributed by atoms with Crippen LogP contribution in [-0.2, 0) is 11.3 Å². The van der Waals surface area contributed by atoms with Crippen molar-refractivity contribution in [3.63, 3.8) is 0 Å². The zero-order valence-corrected chi connectivity index (χ0v) is 17.0. The summed E-state index contributed by atoms with van der Waals surface area (Å²) in [4.78, 5) is 25.6. The summed E-state index contributed by atoms with van der Waals surface area (Å²) in [7, 11) is 0. The van der Waals surface area contributed by atoms with Gasteiger partial charge in [-0.25, -0.2) is 4.79 Å². The Morgan fingerprint density at radius 2 is 1.80 bits per heavy atom. The van der Waals surface area contributed by atoms with Crippen LogP contribution in [0.3, 0.4) is 0 Å². The van der Waals surface area contributed by atoms with Gasteiger partial charge in [-0.3, -0.25) is 0 Å². The van der Waals surface area contributed by atoms with E-state index >= 15 is 0 Å². The van der Waals surface area contributed by atoms with Crippen LogP contribution in [0.25, 0.3) is 11.1 Å². The first-order chi connectivity index (χ1) is 14.6. The number of anilines is 3. The summed E-state index contributed by atoms with van der Waals surface area (Å²) in [6.45, 7) is 1.91. The lowest BCUT2D eigenvalue weighted by Gasteiger charge is -2.08. The monoisotopic (exact) mass is 417 g/mol. The minimum absolute atomic E-state index is 0.0472. The molecular formula is C22H19N5O2S. The Labute approximate surface area is 177 Å². The molecule has 0 spiro atoms. The Balaban J connectivity index is 1.47. The van der Waals surface area contributed by atoms with Gasteiger partial charge < -0.3 is 15.8 Å². The lowest BCUT2D eigenvalue weighted by molar-refractivity contribution is 0.0469. The highest BCUT2D eigenvalue weighted by Crippen LogP contribution is 2.29. The molecule has 2 aromatic heterocycles. The molecule has 0 unspecified atom stereocenters. The zero-order valence-electron chi connectivity index (χ0n) is 16.2. The van der Waals surface area contributed by atoms with E-state index in [2.05, 4.69) is 20.3 Å². The number of nitrogens with two attached hydrogens (primary N) is 1. The first-order valence-electron chi connectivity index (χ1n) is 9.22. The van der Waals surface area contributed by atoms with Gasteiger partial charge in [0.25, 0.3) is 0 Å². The molecule has 0 aliphatic rings. The van der Waals surface area contributed by atoms with Crippen molar-refractivity contribution >= 4 is 34.9 Å². The average molecular weight is 417 g/mol. The number of para-hydroxylation sites is 1. The molecular weight excluding hydrogens is 398 g/mol. The Hall–Kier alpha value is -3.78. The summed E-state index contributed by atoms with van der Waals surface area (Å²) in [5.74, 6) is 0.169. The van der Waals surface area contributed by atoms with Gasteiger partial charge >= 0.3 is 5.97 Å². The normalized spacial score (nSPS) is 10.6. The van der Waals surface area contributed by atoms with Gasteiger partial charge in [-0.2, -0.15) is 15.0 Å². The lowest BCUT2D eigenvalue weighted by Crippen LogP contribution is -2.11. The Morgan fingerprint density at radius 1 is 1.03 bits per heavy atom. The van der Waals surface area contributed by atoms with E-state index in [9.17, 15) is 4.79 Å². The first kappa shape index (κ1) is 19.5. The molecule has 7 nitrogen and oxygen atoms in total. The smallest absolute Gasteiger partial charge is 0.349 e. The number of hydrogen-bond acceptors (Lipinski definition) is 8. The third-order valence-electron chi connectivity index (χ3n) is 4.27. The van der Waals surface area contributed by atoms with Crippen molar-refractivity contribution in [1.29, 1.82) is 0 Å². The predicted octanol–water partition coefficient (Wildman–Crippen LogP) is 4.59. The van der Waals surface area contributed by atoms with Crippen LogP contribution in [-0.4, -0.2) is 20.9 Å². The van der Waals surface area contributed by atoms with E-state index in [1.807, 2.05) is 73.0 Å². The molecule has 0 radical (unpaired) electrons. The van der Waals surface area contributed by atoms with Gasteiger partial charge in [-0.1, -0.05) is 48.0 Å². The summed E-state index contributed by atoms with van der Waals surface area (Å²) in [6, 6.07) is 19.4. The third kappa shape index (κ3) is 4.61. The number of carbonyl (C=O) groups is 1. The van der Waals surface area contributed by atoms with Crippen LogP contribution in [0.1, 0.15) is 21.1 Å². The van der Waals surface area contributed by atoms with Gasteiger partial charge in [0.15, 0.2) is 12.4 Å². The van der Waals surface area contributed by atoms with Gasteiger partial charge in [-0.15, -0.1) is 11.3 Å². The largest absolute Gasteiger partial charge is 0.453 e. The molecule has 0 fully saturated rings. The highest BCUT2D eigenvalue weighted by atomic mass is 32.1. The molecule has 3 N–H and O–H groups in total. The molecule has 0 aliphatic heterocycles. The van der Waals surface area contributed by atoms with Crippen molar-refractivity contribution < 1.29 is 9.53 Å². The third-order valence-corrected chi connectivity index (χ3v) is 5.17. The number of aromatic nitrogens is 3. The summed E-state index contributed by atoms with van der Waals surface area (Å²) >= 11 is 1.34. The number of carbonyl (C=O) groups excluding carboxylic acids is 1. The molecule has 0 amide bonds. The second-order valence-corrected chi connectivity index (χ2v) is 7.45. The van der Waals surface area contributed by atoms with Crippen LogP contribution in [0, 0.1) is 6.92 Å². The van der Waals surface area contributed by atoms with E-state index in [1.54, 1.807) is 0 Å². The van der Waals surface area contributed by atoms with Crippen molar-refractivity contribution in [3.05, 3.63) is 82.3 Å². The maximum atomic E-state index is 12.7. The van der Waals surface area contributed by atoms with Crippen molar-refractivity contribution in [1.82, 2.24) is 15.0 Å². The Morgan fingerprint density at radius 3 is 2.57 bits per heavy atom. The fraction of sp³-hybridized carbons (Fsp3) is 0.0909. The topological polar surface area (TPSA) is 103 Å². The van der Waals surface area contributed by atoms with Gasteiger partial charge in [-0.05, 0) is 36.1 Å². The Kier molecular flexibility index (Phi) is 5.67. The molecule has 8 heteroatoms. The quantitative estimate of drug-likeness (QED) is 0.442. The number of nitrogens with zero attached hydrogens (tertiary/aromatic N) is 3. The van der Waals surface area contributed by atoms with Gasteiger partial charge in [0.2, 0.25) is 11.9 Å². The van der Waals surface area contributed by atoms with Crippen LogP contribution < -0.4 is 11.1 Å². The molecule has 2 aromatic carbocycles. The van der Waals surface area contributed by atoms with Gasteiger partial charge in [0, 0.05) is 11.3 Å². The fourth-order valence-corrected chi connectivity index (χ4v) is 3.64. The van der Waals surface area contributed by atoms with Crippen LogP contribution >= 0.6 is 11.3 Å². The Bertz CT molecular complexity index is 1160. The average Bonchev–Trinajstić information content (AvgIpc) is 3.23. The van der Waals surface area contributed by atoms with Gasteiger partial charge in [0.1, 0.15) is 4.88 Å². The summed E-state index contributed by atoms with van der Waals surface area (Å²) in [5.41, 5.74) is 9.56. The van der Waals surface area contributed by atoms with E-state index in [4.69, 9.17) is 10.5 Å². The molecule has 2 heterocycles. The zero-order chi connectivity index (χ0) is 20.9. The maximum Gasteiger partial charge on any atom is 0.349 e. The summed E-state index contributed by atoms with van der Waals surface area (Å²) in [5, 5.41) is 4.92. The number of benzene rings is 2. The van der Waals surface area contributed by atoms with Crippen molar-refractivity contribution in [2.75, 3.05) is 11.1 Å². The van der Waals surface area contributed by atoms with E-state index < -0.39 is 5.97 Å². The molecule has 0 bridgehead atoms. The lowest BCUT2D eigenvalue weighted by atomic mass is 10.1. The second kappa shape index (κ2) is 8.71. The number of nitrogen functional groups attached to an aromatic ring is 1. The predicted molar refractivity (Wildman–Crippen MR) is 118 cm³/mol. The minimum Gasteiger partial charge on any atom is -0.453 e. The van der Waals surface area contributed by atoms with E-state index in [0.717, 1.165) is 22.4 Å². The standard InChI is InChI=1S/C22H19N5O2S/c1-14-7-9-15(10-8-14)17-11-12-30-19(17)20(28)29-13-18-25-21(23)27-22(26-18)24-16-5-3-2-4-6-16/h2-12H,13H2,1H3,(H3,23,24,25,26,27). The number of nitrogens with one attached hydrogen (secondary N) is 1. The highest BCUT2D eigenvalue weighted by molar-refractivity contribution is 7.12. The molecule has 30 heavy (non-hydrogen) atoms. The number of rotatable bonds is 6. The van der Waals surface area contributed by atoms with Crippen molar-refractivity contribution in [2.24, 2.45) is 0 Å². The summed E-state index contributed by atoms with van der Waals surface area (Å²) in [6.07, 6.45) is 0. The van der Waals surface area contributed by atoms with Crippen LogP contribution in [0.15, 0.2) is 66.0 Å². The number of thiophene rings is 1. The molecule has 4 rings (SSSR count). The van der Waals surface area contributed by atoms with Crippen molar-refractivity contribution in [2.45, 2.75) is 13.5 Å². The number of hydrogen-bond donors (Lipinski definition) is 2. The first-order valence-corrected chi connectivity index (χ1v) is 10.1. The maximum absolute atomic E-state index is 12.7. The van der Waals surface area contributed by atoms with Crippen LogP contribution in [0.5, 0.6) is 0 Å². The van der Waals surface area contributed by atoms with Crippen molar-refractivity contribution in [3.8, 4) is 11.1 Å².